The number of methoxy groups -OCH3 is 1. The van der Waals surface area contributed by atoms with Crippen molar-refractivity contribution in [1.29, 1.82) is 0 Å². The first-order valence-electron chi connectivity index (χ1n) is 18.2. The largest absolute Gasteiger partial charge is 0.487 e. The van der Waals surface area contributed by atoms with E-state index in [4.69, 9.17) is 56.8 Å². The van der Waals surface area contributed by atoms with Gasteiger partial charge in [-0.1, -0.05) is 60.7 Å². The number of carboxylic acids is 1. The number of benzene rings is 3. The van der Waals surface area contributed by atoms with Crippen LogP contribution in [-0.4, -0.2) is 137 Å². The fraction of sp³-hybridized carbons (Fsp3) is 0.525. The van der Waals surface area contributed by atoms with Gasteiger partial charge in [-0.15, -0.1) is 0 Å². The van der Waals surface area contributed by atoms with Crippen molar-refractivity contribution < 1.29 is 66.7 Å². The molecule has 0 atom stereocenters. The van der Waals surface area contributed by atoms with E-state index >= 15 is 0 Å². The first-order valence-corrected chi connectivity index (χ1v) is 18.2. The summed E-state index contributed by atoms with van der Waals surface area (Å²) in [5, 5.41) is 9.79. The van der Waals surface area contributed by atoms with Crippen LogP contribution in [0.1, 0.15) is 21.5 Å². The predicted octanol–water partition coefficient (Wildman–Crippen LogP) is 4.70. The van der Waals surface area contributed by atoms with E-state index in [-0.39, 0.29) is 62.5 Å². The van der Waals surface area contributed by atoms with Gasteiger partial charge >= 0.3 is 5.97 Å². The highest BCUT2D eigenvalue weighted by atomic mass is 16.6. The highest BCUT2D eigenvalue weighted by Crippen LogP contribution is 2.39. The number of rotatable bonds is 35. The number of hydrogen-bond donors (Lipinski definition) is 1. The van der Waals surface area contributed by atoms with Crippen molar-refractivity contribution in [2.24, 2.45) is 0 Å². The maximum atomic E-state index is 12.0. The summed E-state index contributed by atoms with van der Waals surface area (Å²) in [6.45, 7) is 7.36. The molecule has 0 aromatic heterocycles. The molecule has 14 nitrogen and oxygen atoms in total. The van der Waals surface area contributed by atoms with Crippen molar-refractivity contribution in [2.45, 2.75) is 13.2 Å². The van der Waals surface area contributed by atoms with Gasteiger partial charge in [0.05, 0.1) is 118 Å². The van der Waals surface area contributed by atoms with Crippen LogP contribution in [0, 0.1) is 0 Å². The van der Waals surface area contributed by atoms with Crippen LogP contribution in [0.4, 0.5) is 0 Å². The Morgan fingerprint density at radius 1 is 0.444 bits per heavy atom. The first kappa shape index (κ1) is 44.6. The minimum Gasteiger partial charge on any atom is -0.487 e. The Bertz CT molecular complexity index is 1350. The molecule has 0 bridgehead atoms. The number of aromatic carboxylic acids is 1. The number of ether oxygens (including phenoxy) is 12. The lowest BCUT2D eigenvalue weighted by atomic mass is 10.2. The van der Waals surface area contributed by atoms with E-state index in [2.05, 4.69) is 0 Å². The van der Waals surface area contributed by atoms with Gasteiger partial charge in [0.25, 0.3) is 0 Å². The Kier molecular flexibility index (Phi) is 25.2. The highest BCUT2D eigenvalue weighted by molar-refractivity contribution is 5.89. The van der Waals surface area contributed by atoms with E-state index in [1.807, 2.05) is 60.7 Å². The van der Waals surface area contributed by atoms with Crippen molar-refractivity contribution in [1.82, 2.24) is 0 Å². The molecule has 0 saturated heterocycles. The van der Waals surface area contributed by atoms with Gasteiger partial charge in [-0.2, -0.15) is 0 Å². The summed E-state index contributed by atoms with van der Waals surface area (Å²) in [6.07, 6.45) is 0. The Morgan fingerprint density at radius 2 is 0.778 bits per heavy atom. The van der Waals surface area contributed by atoms with Crippen LogP contribution in [0.15, 0.2) is 72.8 Å². The third kappa shape index (κ3) is 21.2. The molecule has 1 N–H and O–H groups in total. The van der Waals surface area contributed by atoms with E-state index in [1.165, 1.54) is 12.1 Å². The number of carbonyl (C=O) groups is 1. The predicted molar refractivity (Wildman–Crippen MR) is 199 cm³/mol. The Morgan fingerprint density at radius 3 is 1.15 bits per heavy atom. The third-order valence-corrected chi connectivity index (χ3v) is 7.23. The third-order valence-electron chi connectivity index (χ3n) is 7.23. The van der Waals surface area contributed by atoms with Gasteiger partial charge in [0.2, 0.25) is 5.75 Å². The smallest absolute Gasteiger partial charge is 0.335 e. The lowest BCUT2D eigenvalue weighted by molar-refractivity contribution is 0.00429. The molecule has 0 aliphatic carbocycles. The average Bonchev–Trinajstić information content (AvgIpc) is 3.19. The zero-order valence-corrected chi connectivity index (χ0v) is 31.3. The average molecular weight is 761 g/mol. The van der Waals surface area contributed by atoms with Gasteiger partial charge in [-0.3, -0.25) is 0 Å². The molecule has 3 aromatic rings. The molecular weight excluding hydrogens is 704 g/mol. The fourth-order valence-electron chi connectivity index (χ4n) is 4.55. The van der Waals surface area contributed by atoms with E-state index in [0.717, 1.165) is 11.1 Å². The molecule has 14 heteroatoms. The number of carboxylic acid groups (broad SMARTS) is 1. The zero-order chi connectivity index (χ0) is 38.2. The van der Waals surface area contributed by atoms with Crippen LogP contribution in [0.25, 0.3) is 0 Å². The molecule has 0 amide bonds. The summed E-state index contributed by atoms with van der Waals surface area (Å²) < 4.78 is 67.6. The molecule has 0 spiro atoms. The standard InChI is InChI=1S/C40H56O14/c1-43-12-13-44-14-17-47-24-27-52-37-30-36(40(41)42)31-38(53-28-25-48-18-15-45-20-22-50-32-34-8-4-2-5-9-34)39(37)54-29-26-49-19-16-46-21-23-51-33-35-10-6-3-7-11-35/h2-11,30-31H,12-29,32-33H2,1H3,(H,41,42). The summed E-state index contributed by atoms with van der Waals surface area (Å²) in [7, 11) is 1.61. The molecule has 54 heavy (non-hydrogen) atoms. The van der Waals surface area contributed by atoms with Gasteiger partial charge < -0.3 is 61.9 Å². The molecule has 0 fully saturated rings. The molecule has 0 heterocycles. The van der Waals surface area contributed by atoms with Gasteiger partial charge in [-0.05, 0) is 23.3 Å². The SMILES string of the molecule is COCCOCCOCCOc1cc(C(=O)O)cc(OCCOCCOCCOCc2ccccc2)c1OCCOCCOCCOCc1ccccc1. The maximum Gasteiger partial charge on any atom is 0.335 e. The Labute approximate surface area is 318 Å². The Balaban J connectivity index is 1.39. The molecule has 0 aliphatic rings. The van der Waals surface area contributed by atoms with Crippen molar-refractivity contribution >= 4 is 5.97 Å². The van der Waals surface area contributed by atoms with Gasteiger partial charge in [0, 0.05) is 7.11 Å². The molecule has 0 saturated carbocycles. The second kappa shape index (κ2) is 30.5. The topological polar surface area (TPSA) is 148 Å². The minimum atomic E-state index is -1.14. The lowest BCUT2D eigenvalue weighted by Gasteiger charge is -2.18. The maximum absolute atomic E-state index is 12.0. The van der Waals surface area contributed by atoms with Crippen LogP contribution >= 0.6 is 0 Å². The van der Waals surface area contributed by atoms with Crippen LogP contribution in [0.2, 0.25) is 0 Å². The summed E-state index contributed by atoms with van der Waals surface area (Å²) in [5.74, 6) is -0.494. The molecular formula is C40H56O14. The molecule has 300 valence electrons. The monoisotopic (exact) mass is 760 g/mol. The van der Waals surface area contributed by atoms with E-state index in [1.54, 1.807) is 7.11 Å². The summed E-state index contributed by atoms with van der Waals surface area (Å²) in [5.41, 5.74) is 2.20. The van der Waals surface area contributed by atoms with Crippen LogP contribution < -0.4 is 14.2 Å². The Hall–Kier alpha value is -3.83. The van der Waals surface area contributed by atoms with Crippen molar-refractivity contribution in [3.05, 3.63) is 89.5 Å². The lowest BCUT2D eigenvalue weighted by Crippen LogP contribution is -2.16. The summed E-state index contributed by atoms with van der Waals surface area (Å²) in [4.78, 5) is 12.0. The van der Waals surface area contributed by atoms with E-state index in [9.17, 15) is 9.90 Å². The fourth-order valence-corrected chi connectivity index (χ4v) is 4.55. The van der Waals surface area contributed by atoms with Crippen LogP contribution in [0.5, 0.6) is 17.2 Å². The van der Waals surface area contributed by atoms with Crippen molar-refractivity contribution in [2.75, 3.05) is 126 Å². The highest BCUT2D eigenvalue weighted by Gasteiger charge is 2.19. The second-order valence-corrected chi connectivity index (χ2v) is 11.4. The minimum absolute atomic E-state index is 0.0234. The summed E-state index contributed by atoms with van der Waals surface area (Å²) in [6, 6.07) is 22.7. The molecule has 3 aromatic carbocycles. The molecule has 3 rings (SSSR count). The number of hydrogen-bond acceptors (Lipinski definition) is 13. The van der Waals surface area contributed by atoms with E-state index in [0.29, 0.717) is 92.5 Å². The normalized spacial score (nSPS) is 11.1. The molecule has 0 aliphatic heterocycles. The second-order valence-electron chi connectivity index (χ2n) is 11.4. The quantitative estimate of drug-likeness (QED) is 0.0826. The van der Waals surface area contributed by atoms with Gasteiger partial charge in [0.15, 0.2) is 11.5 Å². The van der Waals surface area contributed by atoms with Crippen molar-refractivity contribution in [3.63, 3.8) is 0 Å². The zero-order valence-electron chi connectivity index (χ0n) is 31.3. The van der Waals surface area contributed by atoms with Crippen LogP contribution in [0.3, 0.4) is 0 Å². The van der Waals surface area contributed by atoms with Gasteiger partial charge in [-0.25, -0.2) is 4.79 Å². The van der Waals surface area contributed by atoms with Crippen LogP contribution in [-0.2, 0) is 55.8 Å². The molecule has 0 radical (unpaired) electrons. The first-order chi connectivity index (χ1) is 26.7. The summed E-state index contributed by atoms with van der Waals surface area (Å²) >= 11 is 0. The van der Waals surface area contributed by atoms with Crippen molar-refractivity contribution in [3.8, 4) is 17.2 Å². The van der Waals surface area contributed by atoms with Gasteiger partial charge in [0.1, 0.15) is 19.8 Å². The van der Waals surface area contributed by atoms with E-state index < -0.39 is 5.97 Å². The molecule has 0 unspecified atom stereocenters.